The average Bonchev–Trinajstić information content (AvgIpc) is 2.56. The summed E-state index contributed by atoms with van der Waals surface area (Å²) >= 11 is 2.99. The molecular weight excluding hydrogens is 318 g/mol. The molecule has 2 N–H and O–H groups in total. The van der Waals surface area contributed by atoms with Crippen molar-refractivity contribution in [2.75, 3.05) is 13.1 Å². The number of carbonyl (C=O) groups excluding carboxylic acids is 1. The van der Waals surface area contributed by atoms with Gasteiger partial charge in [0.15, 0.2) is 0 Å². The third kappa shape index (κ3) is 3.73. The molecule has 1 unspecified atom stereocenters. The molecule has 0 bridgehead atoms. The van der Waals surface area contributed by atoms with Gasteiger partial charge < -0.3 is 10.6 Å². The summed E-state index contributed by atoms with van der Waals surface area (Å²) < 4.78 is 27.6. The van der Waals surface area contributed by atoms with E-state index in [1.165, 1.54) is 0 Å². The molecule has 1 fully saturated rings. The summed E-state index contributed by atoms with van der Waals surface area (Å²) in [5.41, 5.74) is -0.514. The molecule has 19 heavy (non-hydrogen) atoms. The smallest absolute Gasteiger partial charge is 0.257 e. The van der Waals surface area contributed by atoms with Gasteiger partial charge in [0.05, 0.1) is 0 Å². The van der Waals surface area contributed by atoms with Gasteiger partial charge in [-0.05, 0) is 44.5 Å². The van der Waals surface area contributed by atoms with E-state index < -0.39 is 23.1 Å². The topological polar surface area (TPSA) is 41.1 Å². The first-order valence-electron chi connectivity index (χ1n) is 6.24. The lowest BCUT2D eigenvalue weighted by Crippen LogP contribution is -2.36. The van der Waals surface area contributed by atoms with Gasteiger partial charge in [-0.15, -0.1) is 0 Å². The number of amides is 1. The van der Waals surface area contributed by atoms with Crippen LogP contribution in [-0.2, 0) is 0 Å². The molecular formula is C13H15BrF2N2O. The molecule has 1 aromatic carbocycles. The minimum atomic E-state index is -0.851. The van der Waals surface area contributed by atoms with Crippen molar-refractivity contribution in [3.8, 4) is 0 Å². The SMILES string of the molecule is O=C(NC1CCCNCC1)c1c(F)cc(Br)cc1F. The van der Waals surface area contributed by atoms with E-state index in [4.69, 9.17) is 0 Å². The molecule has 0 aromatic heterocycles. The van der Waals surface area contributed by atoms with Crippen LogP contribution < -0.4 is 10.6 Å². The van der Waals surface area contributed by atoms with Gasteiger partial charge in [0, 0.05) is 10.5 Å². The monoisotopic (exact) mass is 332 g/mol. The zero-order valence-electron chi connectivity index (χ0n) is 10.3. The maximum Gasteiger partial charge on any atom is 0.257 e. The Morgan fingerprint density at radius 2 is 1.95 bits per heavy atom. The molecule has 1 aliphatic rings. The lowest BCUT2D eigenvalue weighted by atomic mass is 10.1. The van der Waals surface area contributed by atoms with Crippen molar-refractivity contribution in [1.29, 1.82) is 0 Å². The van der Waals surface area contributed by atoms with E-state index in [1.807, 2.05) is 0 Å². The predicted molar refractivity (Wildman–Crippen MR) is 72.0 cm³/mol. The second-order valence-electron chi connectivity index (χ2n) is 4.60. The predicted octanol–water partition coefficient (Wildman–Crippen LogP) is 2.60. The molecule has 1 saturated heterocycles. The van der Waals surface area contributed by atoms with Crippen molar-refractivity contribution in [1.82, 2.24) is 10.6 Å². The fraction of sp³-hybridized carbons (Fsp3) is 0.462. The maximum atomic E-state index is 13.7. The molecule has 1 heterocycles. The van der Waals surface area contributed by atoms with E-state index in [1.54, 1.807) is 0 Å². The molecule has 0 saturated carbocycles. The van der Waals surface area contributed by atoms with E-state index in [2.05, 4.69) is 26.6 Å². The minimum absolute atomic E-state index is 0.0371. The summed E-state index contributed by atoms with van der Waals surface area (Å²) in [5, 5.41) is 5.92. The Labute approximate surface area is 118 Å². The summed E-state index contributed by atoms with van der Waals surface area (Å²) in [6.07, 6.45) is 2.53. The molecule has 3 nitrogen and oxygen atoms in total. The lowest BCUT2D eigenvalue weighted by Gasteiger charge is -2.16. The number of benzene rings is 1. The molecule has 0 aliphatic carbocycles. The summed E-state index contributed by atoms with van der Waals surface area (Å²) in [6, 6.07) is 2.14. The van der Waals surface area contributed by atoms with Crippen molar-refractivity contribution >= 4 is 21.8 Å². The Hall–Kier alpha value is -1.01. The van der Waals surface area contributed by atoms with Crippen LogP contribution in [0.4, 0.5) is 8.78 Å². The van der Waals surface area contributed by atoms with Crippen LogP contribution in [0.2, 0.25) is 0 Å². The minimum Gasteiger partial charge on any atom is -0.349 e. The zero-order chi connectivity index (χ0) is 13.8. The van der Waals surface area contributed by atoms with Crippen LogP contribution in [0, 0.1) is 11.6 Å². The Bertz CT molecular complexity index is 451. The quantitative estimate of drug-likeness (QED) is 0.874. The first-order valence-corrected chi connectivity index (χ1v) is 7.03. The molecule has 1 atom stereocenters. The first kappa shape index (κ1) is 14.4. The normalized spacial score (nSPS) is 19.8. The summed E-state index contributed by atoms with van der Waals surface area (Å²) in [4.78, 5) is 12.0. The Kier molecular flexibility index (Phi) is 4.87. The van der Waals surface area contributed by atoms with Crippen LogP contribution in [-0.4, -0.2) is 25.0 Å². The Morgan fingerprint density at radius 1 is 1.26 bits per heavy atom. The van der Waals surface area contributed by atoms with Crippen LogP contribution in [0.5, 0.6) is 0 Å². The van der Waals surface area contributed by atoms with E-state index in [9.17, 15) is 13.6 Å². The van der Waals surface area contributed by atoms with E-state index in [-0.39, 0.29) is 10.5 Å². The summed E-state index contributed by atoms with van der Waals surface area (Å²) in [6.45, 7) is 1.71. The van der Waals surface area contributed by atoms with E-state index in [0.29, 0.717) is 0 Å². The van der Waals surface area contributed by atoms with Crippen molar-refractivity contribution in [3.05, 3.63) is 33.8 Å². The first-order chi connectivity index (χ1) is 9.08. The molecule has 2 rings (SSSR count). The highest BCUT2D eigenvalue weighted by Crippen LogP contribution is 2.20. The van der Waals surface area contributed by atoms with Gasteiger partial charge in [-0.3, -0.25) is 4.79 Å². The van der Waals surface area contributed by atoms with Gasteiger partial charge in [0.1, 0.15) is 17.2 Å². The molecule has 1 amide bonds. The molecule has 1 aromatic rings. The second-order valence-corrected chi connectivity index (χ2v) is 5.51. The van der Waals surface area contributed by atoms with Crippen molar-refractivity contribution in [2.24, 2.45) is 0 Å². The van der Waals surface area contributed by atoms with Crippen molar-refractivity contribution in [2.45, 2.75) is 25.3 Å². The summed E-state index contributed by atoms with van der Waals surface area (Å²) in [7, 11) is 0. The number of hydrogen-bond acceptors (Lipinski definition) is 2. The third-order valence-electron chi connectivity index (χ3n) is 3.14. The number of nitrogens with one attached hydrogen (secondary N) is 2. The van der Waals surface area contributed by atoms with Gasteiger partial charge in [-0.25, -0.2) is 8.78 Å². The van der Waals surface area contributed by atoms with E-state index in [0.717, 1.165) is 44.5 Å². The highest BCUT2D eigenvalue weighted by Gasteiger charge is 2.21. The summed E-state index contributed by atoms with van der Waals surface area (Å²) in [5.74, 6) is -2.39. The second kappa shape index (κ2) is 6.43. The Morgan fingerprint density at radius 3 is 2.63 bits per heavy atom. The maximum absolute atomic E-state index is 13.7. The van der Waals surface area contributed by atoms with Crippen LogP contribution in [0.25, 0.3) is 0 Å². The van der Waals surface area contributed by atoms with Gasteiger partial charge in [0.25, 0.3) is 5.91 Å². The van der Waals surface area contributed by atoms with Gasteiger partial charge >= 0.3 is 0 Å². The number of hydrogen-bond donors (Lipinski definition) is 2. The fourth-order valence-electron chi connectivity index (χ4n) is 2.18. The molecule has 0 spiro atoms. The lowest BCUT2D eigenvalue weighted by molar-refractivity contribution is 0.0925. The van der Waals surface area contributed by atoms with Crippen LogP contribution in [0.1, 0.15) is 29.6 Å². The van der Waals surface area contributed by atoms with E-state index >= 15 is 0 Å². The Balaban J connectivity index is 2.11. The zero-order valence-corrected chi connectivity index (χ0v) is 11.9. The highest BCUT2D eigenvalue weighted by atomic mass is 79.9. The van der Waals surface area contributed by atoms with Crippen LogP contribution in [0.15, 0.2) is 16.6 Å². The standard InChI is InChI=1S/C13H15BrF2N2O/c14-8-6-10(15)12(11(16)7-8)13(19)18-9-2-1-4-17-5-3-9/h6-7,9,17H,1-5H2,(H,18,19). The largest absolute Gasteiger partial charge is 0.349 e. The van der Waals surface area contributed by atoms with Gasteiger partial charge in [-0.1, -0.05) is 15.9 Å². The molecule has 1 aliphatic heterocycles. The molecule has 104 valence electrons. The molecule has 6 heteroatoms. The van der Waals surface area contributed by atoms with Crippen LogP contribution >= 0.6 is 15.9 Å². The van der Waals surface area contributed by atoms with Crippen molar-refractivity contribution < 1.29 is 13.6 Å². The number of carbonyl (C=O) groups is 1. The number of rotatable bonds is 2. The molecule has 0 radical (unpaired) electrons. The third-order valence-corrected chi connectivity index (χ3v) is 3.60. The number of halogens is 3. The van der Waals surface area contributed by atoms with Crippen molar-refractivity contribution in [3.63, 3.8) is 0 Å². The average molecular weight is 333 g/mol. The van der Waals surface area contributed by atoms with Crippen LogP contribution in [0.3, 0.4) is 0 Å². The highest BCUT2D eigenvalue weighted by molar-refractivity contribution is 9.10. The fourth-order valence-corrected chi connectivity index (χ4v) is 2.58. The van der Waals surface area contributed by atoms with Gasteiger partial charge in [0.2, 0.25) is 0 Å². The van der Waals surface area contributed by atoms with Gasteiger partial charge in [-0.2, -0.15) is 0 Å².